The van der Waals surface area contributed by atoms with E-state index >= 15 is 0 Å². The minimum atomic E-state index is 0.757. The SMILES string of the molecule is CCCc1ccccc1NCc1ccc(OC)c(OC)c1. The average Bonchev–Trinajstić information content (AvgIpc) is 2.54. The molecule has 1 N–H and O–H groups in total. The molecule has 21 heavy (non-hydrogen) atoms. The van der Waals surface area contributed by atoms with Gasteiger partial charge < -0.3 is 14.8 Å². The molecule has 0 radical (unpaired) electrons. The fourth-order valence-corrected chi connectivity index (χ4v) is 2.37. The predicted molar refractivity (Wildman–Crippen MR) is 87.3 cm³/mol. The van der Waals surface area contributed by atoms with Crippen molar-refractivity contribution in [1.82, 2.24) is 0 Å². The third-order valence-corrected chi connectivity index (χ3v) is 3.47. The van der Waals surface area contributed by atoms with Gasteiger partial charge in [-0.15, -0.1) is 0 Å². The van der Waals surface area contributed by atoms with Crippen LogP contribution >= 0.6 is 0 Å². The van der Waals surface area contributed by atoms with Crippen LogP contribution in [0.3, 0.4) is 0 Å². The number of hydrogen-bond acceptors (Lipinski definition) is 3. The quantitative estimate of drug-likeness (QED) is 0.824. The zero-order valence-corrected chi connectivity index (χ0v) is 13.0. The Morgan fingerprint density at radius 1 is 0.952 bits per heavy atom. The van der Waals surface area contributed by atoms with Gasteiger partial charge in [0.25, 0.3) is 0 Å². The normalized spacial score (nSPS) is 10.2. The van der Waals surface area contributed by atoms with Gasteiger partial charge in [-0.25, -0.2) is 0 Å². The molecule has 2 aromatic rings. The summed E-state index contributed by atoms with van der Waals surface area (Å²) in [6.07, 6.45) is 2.24. The lowest BCUT2D eigenvalue weighted by molar-refractivity contribution is 0.354. The maximum atomic E-state index is 5.34. The zero-order chi connectivity index (χ0) is 15.1. The number of ether oxygens (including phenoxy) is 2. The number of nitrogens with one attached hydrogen (secondary N) is 1. The number of para-hydroxylation sites is 1. The van der Waals surface area contributed by atoms with Gasteiger partial charge in [-0.2, -0.15) is 0 Å². The molecule has 0 atom stereocenters. The van der Waals surface area contributed by atoms with E-state index < -0.39 is 0 Å². The van der Waals surface area contributed by atoms with Crippen LogP contribution in [0.5, 0.6) is 11.5 Å². The molecular formula is C18H23NO2. The van der Waals surface area contributed by atoms with Gasteiger partial charge in [0.1, 0.15) is 0 Å². The van der Waals surface area contributed by atoms with Gasteiger partial charge in [0, 0.05) is 12.2 Å². The summed E-state index contributed by atoms with van der Waals surface area (Å²) in [4.78, 5) is 0. The number of rotatable bonds is 7. The van der Waals surface area contributed by atoms with Crippen LogP contribution in [0.1, 0.15) is 24.5 Å². The molecule has 0 aliphatic rings. The Balaban J connectivity index is 2.09. The maximum absolute atomic E-state index is 5.34. The molecule has 0 aliphatic carbocycles. The molecule has 0 amide bonds. The van der Waals surface area contributed by atoms with E-state index in [1.165, 1.54) is 16.8 Å². The Morgan fingerprint density at radius 2 is 1.71 bits per heavy atom. The Labute approximate surface area is 126 Å². The second-order valence-electron chi connectivity index (χ2n) is 4.95. The van der Waals surface area contributed by atoms with E-state index in [2.05, 4.69) is 42.6 Å². The van der Waals surface area contributed by atoms with Crippen LogP contribution in [0.4, 0.5) is 5.69 Å². The first-order chi connectivity index (χ1) is 10.3. The first-order valence-corrected chi connectivity index (χ1v) is 7.31. The smallest absolute Gasteiger partial charge is 0.161 e. The van der Waals surface area contributed by atoms with E-state index in [1.807, 2.05) is 12.1 Å². The van der Waals surface area contributed by atoms with E-state index in [0.29, 0.717) is 0 Å². The number of hydrogen-bond donors (Lipinski definition) is 1. The zero-order valence-electron chi connectivity index (χ0n) is 13.0. The summed E-state index contributed by atoms with van der Waals surface area (Å²) < 4.78 is 10.6. The minimum absolute atomic E-state index is 0.757. The van der Waals surface area contributed by atoms with Gasteiger partial charge in [0.2, 0.25) is 0 Å². The molecule has 3 heteroatoms. The monoisotopic (exact) mass is 285 g/mol. The highest BCUT2D eigenvalue weighted by Gasteiger charge is 2.05. The molecule has 0 spiro atoms. The van der Waals surface area contributed by atoms with E-state index in [1.54, 1.807) is 14.2 Å². The van der Waals surface area contributed by atoms with Crippen molar-refractivity contribution in [3.8, 4) is 11.5 Å². The van der Waals surface area contributed by atoms with Crippen molar-refractivity contribution in [2.75, 3.05) is 19.5 Å². The molecule has 112 valence electrons. The molecule has 0 bridgehead atoms. The topological polar surface area (TPSA) is 30.5 Å². The lowest BCUT2D eigenvalue weighted by atomic mass is 10.1. The highest BCUT2D eigenvalue weighted by molar-refractivity contribution is 5.52. The minimum Gasteiger partial charge on any atom is -0.493 e. The summed E-state index contributed by atoms with van der Waals surface area (Å²) in [6.45, 7) is 2.96. The molecular weight excluding hydrogens is 262 g/mol. The third kappa shape index (κ3) is 3.91. The average molecular weight is 285 g/mol. The lowest BCUT2D eigenvalue weighted by Crippen LogP contribution is -2.03. The number of methoxy groups -OCH3 is 2. The third-order valence-electron chi connectivity index (χ3n) is 3.47. The van der Waals surface area contributed by atoms with E-state index in [4.69, 9.17) is 9.47 Å². The molecule has 2 rings (SSSR count). The largest absolute Gasteiger partial charge is 0.493 e. The number of anilines is 1. The van der Waals surface area contributed by atoms with Gasteiger partial charge in [0.15, 0.2) is 11.5 Å². The Hall–Kier alpha value is -2.16. The number of benzene rings is 2. The van der Waals surface area contributed by atoms with E-state index in [0.717, 1.165) is 30.9 Å². The van der Waals surface area contributed by atoms with Crippen molar-refractivity contribution in [3.05, 3.63) is 53.6 Å². The van der Waals surface area contributed by atoms with Crippen molar-refractivity contribution >= 4 is 5.69 Å². The molecule has 0 heterocycles. The molecule has 0 saturated carbocycles. The van der Waals surface area contributed by atoms with Gasteiger partial charge >= 0.3 is 0 Å². The highest BCUT2D eigenvalue weighted by atomic mass is 16.5. The van der Waals surface area contributed by atoms with Crippen LogP contribution < -0.4 is 14.8 Å². The van der Waals surface area contributed by atoms with Crippen molar-refractivity contribution < 1.29 is 9.47 Å². The fourth-order valence-electron chi connectivity index (χ4n) is 2.37. The summed E-state index contributed by atoms with van der Waals surface area (Å²) >= 11 is 0. The molecule has 0 unspecified atom stereocenters. The van der Waals surface area contributed by atoms with Gasteiger partial charge in [0.05, 0.1) is 14.2 Å². The predicted octanol–water partition coefficient (Wildman–Crippen LogP) is 4.27. The Kier molecular flexibility index (Phi) is 5.50. The summed E-state index contributed by atoms with van der Waals surface area (Å²) in [7, 11) is 3.31. The van der Waals surface area contributed by atoms with Crippen LogP contribution in [0.25, 0.3) is 0 Å². The molecule has 3 nitrogen and oxygen atoms in total. The summed E-state index contributed by atoms with van der Waals surface area (Å²) in [5.41, 5.74) is 3.73. The second-order valence-corrected chi connectivity index (χ2v) is 4.95. The first kappa shape index (κ1) is 15.2. The van der Waals surface area contributed by atoms with Crippen molar-refractivity contribution in [2.45, 2.75) is 26.3 Å². The first-order valence-electron chi connectivity index (χ1n) is 7.31. The molecule has 0 aromatic heterocycles. The molecule has 2 aromatic carbocycles. The fraction of sp³-hybridized carbons (Fsp3) is 0.333. The van der Waals surface area contributed by atoms with Crippen LogP contribution in [0, 0.1) is 0 Å². The van der Waals surface area contributed by atoms with Crippen molar-refractivity contribution in [1.29, 1.82) is 0 Å². The standard InChI is InChI=1S/C18H23NO2/c1-4-7-15-8-5-6-9-16(15)19-13-14-10-11-17(20-2)18(12-14)21-3/h5-6,8-12,19H,4,7,13H2,1-3H3. The van der Waals surface area contributed by atoms with Crippen LogP contribution in [0.15, 0.2) is 42.5 Å². The van der Waals surface area contributed by atoms with Crippen LogP contribution in [-0.2, 0) is 13.0 Å². The summed E-state index contributed by atoms with van der Waals surface area (Å²) in [6, 6.07) is 14.5. The van der Waals surface area contributed by atoms with Crippen LogP contribution in [-0.4, -0.2) is 14.2 Å². The summed E-state index contributed by atoms with van der Waals surface area (Å²) in [5.74, 6) is 1.52. The maximum Gasteiger partial charge on any atom is 0.161 e. The Morgan fingerprint density at radius 3 is 2.43 bits per heavy atom. The van der Waals surface area contributed by atoms with E-state index in [-0.39, 0.29) is 0 Å². The van der Waals surface area contributed by atoms with Crippen molar-refractivity contribution in [3.63, 3.8) is 0 Å². The number of aryl methyl sites for hydroxylation is 1. The molecule has 0 saturated heterocycles. The van der Waals surface area contributed by atoms with E-state index in [9.17, 15) is 0 Å². The lowest BCUT2D eigenvalue weighted by Gasteiger charge is -2.13. The highest BCUT2D eigenvalue weighted by Crippen LogP contribution is 2.28. The molecule has 0 aliphatic heterocycles. The Bertz CT molecular complexity index is 581. The van der Waals surface area contributed by atoms with Gasteiger partial charge in [-0.05, 0) is 35.7 Å². The van der Waals surface area contributed by atoms with Crippen LogP contribution in [0.2, 0.25) is 0 Å². The van der Waals surface area contributed by atoms with Crippen molar-refractivity contribution in [2.24, 2.45) is 0 Å². The van der Waals surface area contributed by atoms with Gasteiger partial charge in [-0.3, -0.25) is 0 Å². The second kappa shape index (κ2) is 7.58. The van der Waals surface area contributed by atoms with Gasteiger partial charge in [-0.1, -0.05) is 37.6 Å². The summed E-state index contributed by atoms with van der Waals surface area (Å²) in [5, 5.41) is 3.51. The molecule has 0 fully saturated rings.